The number of nitrogens with zero attached hydrogens (tertiary/aromatic N) is 2. The highest BCUT2D eigenvalue weighted by atomic mass is 15.3. The molecule has 116 valence electrons. The number of piperazine rings is 1. The summed E-state index contributed by atoms with van der Waals surface area (Å²) in [7, 11) is 0. The van der Waals surface area contributed by atoms with Gasteiger partial charge in [0.25, 0.3) is 0 Å². The van der Waals surface area contributed by atoms with Crippen LogP contribution >= 0.6 is 0 Å². The third-order valence-electron chi connectivity index (χ3n) is 5.05. The lowest BCUT2D eigenvalue weighted by Gasteiger charge is -2.42. The Morgan fingerprint density at radius 2 is 1.86 bits per heavy atom. The molecule has 1 atom stereocenters. The smallest absolute Gasteiger partial charge is 0.0234 e. The predicted molar refractivity (Wildman–Crippen MR) is 88.3 cm³/mol. The van der Waals surface area contributed by atoms with Crippen LogP contribution in [0.3, 0.4) is 0 Å². The van der Waals surface area contributed by atoms with Gasteiger partial charge in [0.2, 0.25) is 0 Å². The number of piperidine rings is 1. The predicted octanol–water partition coefficient (Wildman–Crippen LogP) is 2.19. The zero-order valence-corrected chi connectivity index (χ0v) is 13.3. The van der Waals surface area contributed by atoms with Crippen LogP contribution < -0.4 is 5.32 Å². The number of nitrogens with one attached hydrogen (secondary N) is 1. The molecule has 1 aromatic rings. The fraction of sp³-hybridized carbons (Fsp3) is 0.667. The molecule has 0 unspecified atom stereocenters. The molecule has 0 spiro atoms. The molecule has 3 heteroatoms. The normalized spacial score (nSPS) is 26.0. The molecule has 1 N–H and O–H groups in total. The van der Waals surface area contributed by atoms with Crippen molar-refractivity contribution in [3.63, 3.8) is 0 Å². The summed E-state index contributed by atoms with van der Waals surface area (Å²) in [4.78, 5) is 5.33. The molecule has 0 aromatic heterocycles. The van der Waals surface area contributed by atoms with Crippen molar-refractivity contribution >= 4 is 0 Å². The Balaban J connectivity index is 1.47. The Bertz CT molecular complexity index is 414. The maximum atomic E-state index is 3.47. The SMILES string of the molecule is C[C@@H]1CN(Cc2ccccc2)CCN1CC1CCNCC1. The second kappa shape index (κ2) is 7.39. The third-order valence-corrected chi connectivity index (χ3v) is 5.05. The van der Waals surface area contributed by atoms with E-state index in [4.69, 9.17) is 0 Å². The maximum absolute atomic E-state index is 3.47. The van der Waals surface area contributed by atoms with Crippen LogP contribution in [0.25, 0.3) is 0 Å². The van der Waals surface area contributed by atoms with Crippen molar-refractivity contribution in [1.29, 1.82) is 0 Å². The van der Waals surface area contributed by atoms with E-state index in [0.717, 1.165) is 12.5 Å². The molecule has 2 fully saturated rings. The Morgan fingerprint density at radius 3 is 2.57 bits per heavy atom. The first-order chi connectivity index (χ1) is 10.3. The van der Waals surface area contributed by atoms with Gasteiger partial charge in [0.1, 0.15) is 0 Å². The largest absolute Gasteiger partial charge is 0.317 e. The minimum Gasteiger partial charge on any atom is -0.317 e. The van der Waals surface area contributed by atoms with E-state index in [1.807, 2.05) is 0 Å². The fourth-order valence-electron chi connectivity index (χ4n) is 3.72. The van der Waals surface area contributed by atoms with E-state index in [1.54, 1.807) is 0 Å². The summed E-state index contributed by atoms with van der Waals surface area (Å²) in [5.74, 6) is 0.911. The van der Waals surface area contributed by atoms with Gasteiger partial charge in [-0.2, -0.15) is 0 Å². The quantitative estimate of drug-likeness (QED) is 0.916. The van der Waals surface area contributed by atoms with E-state index in [0.29, 0.717) is 6.04 Å². The molecule has 2 aliphatic heterocycles. The number of hydrogen-bond acceptors (Lipinski definition) is 3. The molecule has 0 bridgehead atoms. The van der Waals surface area contributed by atoms with Crippen molar-refractivity contribution in [3.05, 3.63) is 35.9 Å². The van der Waals surface area contributed by atoms with E-state index in [-0.39, 0.29) is 0 Å². The second-order valence-corrected chi connectivity index (χ2v) is 6.76. The van der Waals surface area contributed by atoms with Crippen LogP contribution in [0.1, 0.15) is 25.3 Å². The molecule has 0 amide bonds. The Morgan fingerprint density at radius 1 is 1.10 bits per heavy atom. The first-order valence-electron chi connectivity index (χ1n) is 8.52. The van der Waals surface area contributed by atoms with Gasteiger partial charge < -0.3 is 5.32 Å². The molecule has 0 saturated carbocycles. The first kappa shape index (κ1) is 15.0. The lowest BCUT2D eigenvalue weighted by Crippen LogP contribution is -2.53. The minimum atomic E-state index is 0.692. The van der Waals surface area contributed by atoms with Gasteiger partial charge >= 0.3 is 0 Å². The summed E-state index contributed by atoms with van der Waals surface area (Å²) in [5.41, 5.74) is 1.44. The molecular weight excluding hydrogens is 258 g/mol. The molecule has 2 aliphatic rings. The van der Waals surface area contributed by atoms with Crippen LogP contribution in [-0.2, 0) is 6.54 Å². The van der Waals surface area contributed by atoms with Crippen LogP contribution in [0, 0.1) is 5.92 Å². The number of hydrogen-bond donors (Lipinski definition) is 1. The molecule has 3 rings (SSSR count). The standard InChI is InChI=1S/C18H29N3/c1-16-13-20(14-17-5-3-2-4-6-17)11-12-21(16)15-18-7-9-19-10-8-18/h2-6,16,18-19H,7-15H2,1H3/t16-/m1/s1. The first-order valence-corrected chi connectivity index (χ1v) is 8.52. The van der Waals surface area contributed by atoms with Gasteiger partial charge in [-0.3, -0.25) is 9.80 Å². The third kappa shape index (κ3) is 4.29. The molecule has 3 nitrogen and oxygen atoms in total. The number of rotatable bonds is 4. The molecule has 2 saturated heterocycles. The summed E-state index contributed by atoms with van der Waals surface area (Å²) in [6.45, 7) is 10.9. The molecule has 0 radical (unpaired) electrons. The van der Waals surface area contributed by atoms with E-state index in [9.17, 15) is 0 Å². The van der Waals surface area contributed by atoms with Crippen molar-refractivity contribution in [1.82, 2.24) is 15.1 Å². The van der Waals surface area contributed by atoms with Crippen molar-refractivity contribution in [2.24, 2.45) is 5.92 Å². The van der Waals surface area contributed by atoms with E-state index in [1.165, 1.54) is 57.7 Å². The van der Waals surface area contributed by atoms with Gasteiger partial charge in [0, 0.05) is 38.8 Å². The van der Waals surface area contributed by atoms with Gasteiger partial charge in [0.05, 0.1) is 0 Å². The topological polar surface area (TPSA) is 18.5 Å². The zero-order valence-electron chi connectivity index (χ0n) is 13.3. The van der Waals surface area contributed by atoms with Gasteiger partial charge in [0.15, 0.2) is 0 Å². The van der Waals surface area contributed by atoms with E-state index < -0.39 is 0 Å². The summed E-state index contributed by atoms with van der Waals surface area (Å²) in [5, 5.41) is 3.47. The minimum absolute atomic E-state index is 0.692. The average molecular weight is 287 g/mol. The van der Waals surface area contributed by atoms with Crippen LogP contribution in [0.4, 0.5) is 0 Å². The highest BCUT2D eigenvalue weighted by molar-refractivity contribution is 5.14. The fourth-order valence-corrected chi connectivity index (χ4v) is 3.72. The van der Waals surface area contributed by atoms with Crippen LogP contribution in [-0.4, -0.2) is 55.1 Å². The van der Waals surface area contributed by atoms with Crippen LogP contribution in [0.2, 0.25) is 0 Å². The van der Waals surface area contributed by atoms with E-state index >= 15 is 0 Å². The van der Waals surface area contributed by atoms with Crippen molar-refractivity contribution in [2.45, 2.75) is 32.4 Å². The highest BCUT2D eigenvalue weighted by Gasteiger charge is 2.26. The Hall–Kier alpha value is -0.900. The zero-order chi connectivity index (χ0) is 14.5. The van der Waals surface area contributed by atoms with Gasteiger partial charge in [-0.05, 0) is 44.3 Å². The summed E-state index contributed by atoms with van der Waals surface area (Å²) in [6, 6.07) is 11.6. The second-order valence-electron chi connectivity index (χ2n) is 6.76. The molecule has 0 aliphatic carbocycles. The van der Waals surface area contributed by atoms with Crippen LogP contribution in [0.15, 0.2) is 30.3 Å². The Labute approximate surface area is 129 Å². The molecular formula is C18H29N3. The molecule has 2 heterocycles. The average Bonchev–Trinajstić information content (AvgIpc) is 2.52. The maximum Gasteiger partial charge on any atom is 0.0234 e. The summed E-state index contributed by atoms with van der Waals surface area (Å²) in [6.07, 6.45) is 2.72. The molecule has 1 aromatic carbocycles. The monoisotopic (exact) mass is 287 g/mol. The summed E-state index contributed by atoms with van der Waals surface area (Å²) < 4.78 is 0. The van der Waals surface area contributed by atoms with Crippen molar-refractivity contribution in [2.75, 3.05) is 39.3 Å². The van der Waals surface area contributed by atoms with E-state index in [2.05, 4.69) is 52.4 Å². The number of benzene rings is 1. The van der Waals surface area contributed by atoms with Crippen molar-refractivity contribution < 1.29 is 0 Å². The lowest BCUT2D eigenvalue weighted by molar-refractivity contribution is 0.0619. The lowest BCUT2D eigenvalue weighted by atomic mass is 9.96. The van der Waals surface area contributed by atoms with Crippen molar-refractivity contribution in [3.8, 4) is 0 Å². The van der Waals surface area contributed by atoms with Gasteiger partial charge in [-0.25, -0.2) is 0 Å². The van der Waals surface area contributed by atoms with Gasteiger partial charge in [-0.15, -0.1) is 0 Å². The molecule has 21 heavy (non-hydrogen) atoms. The van der Waals surface area contributed by atoms with Gasteiger partial charge in [-0.1, -0.05) is 30.3 Å². The summed E-state index contributed by atoms with van der Waals surface area (Å²) >= 11 is 0. The highest BCUT2D eigenvalue weighted by Crippen LogP contribution is 2.18. The Kier molecular flexibility index (Phi) is 5.28. The van der Waals surface area contributed by atoms with Crippen LogP contribution in [0.5, 0.6) is 0 Å².